The number of aliphatic imine (C=N–C) groups is 1. The highest BCUT2D eigenvalue weighted by atomic mass is 16.5. The number of nitrogens with one attached hydrogen (secondary N) is 2. The van der Waals surface area contributed by atoms with Crippen LogP contribution >= 0.6 is 0 Å². The van der Waals surface area contributed by atoms with Crippen molar-refractivity contribution < 1.29 is 4.74 Å². The first-order valence-corrected chi connectivity index (χ1v) is 9.40. The number of guanidine groups is 1. The Kier molecular flexibility index (Phi) is 6.98. The van der Waals surface area contributed by atoms with Crippen molar-refractivity contribution in [3.05, 3.63) is 54.0 Å². The second-order valence-corrected chi connectivity index (χ2v) is 6.57. The lowest BCUT2D eigenvalue weighted by molar-refractivity contribution is 0.0529. The van der Waals surface area contributed by atoms with E-state index in [0.29, 0.717) is 6.54 Å². The molecule has 3 heterocycles. The van der Waals surface area contributed by atoms with Crippen molar-refractivity contribution in [1.82, 2.24) is 20.6 Å². The minimum Gasteiger partial charge on any atom is -0.375 e. The van der Waals surface area contributed by atoms with E-state index in [1.54, 1.807) is 7.05 Å². The van der Waals surface area contributed by atoms with E-state index in [2.05, 4.69) is 43.5 Å². The van der Waals surface area contributed by atoms with Crippen molar-refractivity contribution in [3.63, 3.8) is 0 Å². The lowest BCUT2D eigenvalue weighted by Gasteiger charge is -2.32. The highest BCUT2D eigenvalue weighted by molar-refractivity contribution is 5.79. The summed E-state index contributed by atoms with van der Waals surface area (Å²) in [6.07, 6.45) is 4.78. The van der Waals surface area contributed by atoms with Crippen LogP contribution in [0.25, 0.3) is 0 Å². The van der Waals surface area contributed by atoms with E-state index in [9.17, 15) is 0 Å². The summed E-state index contributed by atoms with van der Waals surface area (Å²) in [5.41, 5.74) is 2.24. The van der Waals surface area contributed by atoms with E-state index < -0.39 is 0 Å². The van der Waals surface area contributed by atoms with Crippen LogP contribution in [0.3, 0.4) is 0 Å². The third kappa shape index (κ3) is 5.92. The van der Waals surface area contributed by atoms with Crippen LogP contribution in [0.2, 0.25) is 0 Å². The van der Waals surface area contributed by atoms with Gasteiger partial charge in [-0.1, -0.05) is 6.07 Å². The van der Waals surface area contributed by atoms with Crippen molar-refractivity contribution in [3.8, 4) is 0 Å². The molecule has 1 atom stereocenters. The zero-order chi connectivity index (χ0) is 18.9. The molecule has 2 N–H and O–H groups in total. The molecule has 0 amide bonds. The smallest absolute Gasteiger partial charge is 0.191 e. The molecule has 0 spiro atoms. The molecule has 27 heavy (non-hydrogen) atoms. The molecule has 1 saturated heterocycles. The van der Waals surface area contributed by atoms with E-state index in [1.807, 2.05) is 36.7 Å². The standard InChI is InChI=1S/C20H28N6O/c1-16-15-26(11-12-27-16)19-13-17(6-9-23-19)14-25-20(21-2)24-10-7-18-5-3-4-8-22-18/h3-6,8-9,13,16H,7,10-12,14-15H2,1-2H3,(H2,21,24,25). The van der Waals surface area contributed by atoms with Gasteiger partial charge in [0.15, 0.2) is 5.96 Å². The van der Waals surface area contributed by atoms with Gasteiger partial charge in [-0.05, 0) is 36.8 Å². The molecule has 2 aromatic heterocycles. The van der Waals surface area contributed by atoms with Gasteiger partial charge in [-0.3, -0.25) is 9.98 Å². The van der Waals surface area contributed by atoms with Crippen LogP contribution in [-0.4, -0.2) is 55.3 Å². The number of aromatic nitrogens is 2. The maximum absolute atomic E-state index is 5.61. The number of hydrogen-bond donors (Lipinski definition) is 2. The van der Waals surface area contributed by atoms with Crippen LogP contribution in [0.5, 0.6) is 0 Å². The monoisotopic (exact) mass is 368 g/mol. The van der Waals surface area contributed by atoms with Gasteiger partial charge >= 0.3 is 0 Å². The molecule has 1 aliphatic rings. The number of anilines is 1. The van der Waals surface area contributed by atoms with Crippen molar-refractivity contribution >= 4 is 11.8 Å². The van der Waals surface area contributed by atoms with Crippen molar-refractivity contribution in [2.75, 3.05) is 38.2 Å². The zero-order valence-electron chi connectivity index (χ0n) is 16.1. The van der Waals surface area contributed by atoms with Gasteiger partial charge in [0, 0.05) is 57.7 Å². The highest BCUT2D eigenvalue weighted by Crippen LogP contribution is 2.16. The number of hydrogen-bond acceptors (Lipinski definition) is 5. The molecule has 0 bridgehead atoms. The summed E-state index contributed by atoms with van der Waals surface area (Å²) in [5, 5.41) is 6.69. The maximum atomic E-state index is 5.61. The van der Waals surface area contributed by atoms with E-state index in [1.165, 1.54) is 5.56 Å². The Bertz CT molecular complexity index is 736. The first-order valence-electron chi connectivity index (χ1n) is 9.40. The highest BCUT2D eigenvalue weighted by Gasteiger charge is 2.18. The molecule has 7 heteroatoms. The predicted molar refractivity (Wildman–Crippen MR) is 108 cm³/mol. The molecule has 0 aromatic carbocycles. The maximum Gasteiger partial charge on any atom is 0.191 e. The van der Waals surface area contributed by atoms with Crippen LogP contribution < -0.4 is 15.5 Å². The molecular weight excluding hydrogens is 340 g/mol. The summed E-state index contributed by atoms with van der Waals surface area (Å²) in [4.78, 5) is 15.4. The first-order chi connectivity index (χ1) is 13.2. The summed E-state index contributed by atoms with van der Waals surface area (Å²) in [7, 11) is 1.78. The van der Waals surface area contributed by atoms with Crippen molar-refractivity contribution in [2.45, 2.75) is 26.0 Å². The van der Waals surface area contributed by atoms with Crippen LogP contribution in [0.15, 0.2) is 47.7 Å². The topological polar surface area (TPSA) is 74.7 Å². The Morgan fingerprint density at radius 3 is 2.96 bits per heavy atom. The van der Waals surface area contributed by atoms with Gasteiger partial charge in [-0.2, -0.15) is 0 Å². The van der Waals surface area contributed by atoms with Crippen LogP contribution in [0.4, 0.5) is 5.82 Å². The SMILES string of the molecule is CN=C(NCCc1ccccn1)NCc1ccnc(N2CCOC(C)C2)c1. The first kappa shape index (κ1) is 19.1. The van der Waals surface area contributed by atoms with Crippen LogP contribution in [0.1, 0.15) is 18.2 Å². The number of pyridine rings is 2. The van der Waals surface area contributed by atoms with E-state index in [0.717, 1.165) is 50.1 Å². The Morgan fingerprint density at radius 1 is 1.26 bits per heavy atom. The lowest BCUT2D eigenvalue weighted by Crippen LogP contribution is -2.41. The van der Waals surface area contributed by atoms with E-state index >= 15 is 0 Å². The Balaban J connectivity index is 1.48. The lowest BCUT2D eigenvalue weighted by atomic mass is 10.2. The van der Waals surface area contributed by atoms with Crippen LogP contribution in [0, 0.1) is 0 Å². The predicted octanol–water partition coefficient (Wildman–Crippen LogP) is 1.61. The molecule has 2 aromatic rings. The van der Waals surface area contributed by atoms with Gasteiger partial charge in [0.25, 0.3) is 0 Å². The van der Waals surface area contributed by atoms with Crippen LogP contribution in [-0.2, 0) is 17.7 Å². The Hall–Kier alpha value is -2.67. The fourth-order valence-electron chi connectivity index (χ4n) is 3.03. The fourth-order valence-corrected chi connectivity index (χ4v) is 3.03. The van der Waals surface area contributed by atoms with Gasteiger partial charge in [0.05, 0.1) is 12.7 Å². The molecular formula is C20H28N6O. The summed E-state index contributed by atoms with van der Waals surface area (Å²) < 4.78 is 5.61. The van der Waals surface area contributed by atoms with Gasteiger partial charge in [0.1, 0.15) is 5.82 Å². The van der Waals surface area contributed by atoms with Gasteiger partial charge in [0.2, 0.25) is 0 Å². The second kappa shape index (κ2) is 9.87. The van der Waals surface area contributed by atoms with Crippen molar-refractivity contribution in [1.29, 1.82) is 0 Å². The zero-order valence-corrected chi connectivity index (χ0v) is 16.1. The molecule has 7 nitrogen and oxygen atoms in total. The van der Waals surface area contributed by atoms with Gasteiger partial charge in [-0.25, -0.2) is 4.98 Å². The summed E-state index contributed by atoms with van der Waals surface area (Å²) >= 11 is 0. The molecule has 3 rings (SSSR count). The summed E-state index contributed by atoms with van der Waals surface area (Å²) in [6.45, 7) is 6.07. The third-order valence-electron chi connectivity index (χ3n) is 4.46. The molecule has 0 saturated carbocycles. The quantitative estimate of drug-likeness (QED) is 0.596. The third-order valence-corrected chi connectivity index (χ3v) is 4.46. The molecule has 144 valence electrons. The molecule has 1 unspecified atom stereocenters. The number of nitrogens with zero attached hydrogens (tertiary/aromatic N) is 4. The van der Waals surface area contributed by atoms with Gasteiger partial charge in [-0.15, -0.1) is 0 Å². The molecule has 0 aliphatic carbocycles. The minimum absolute atomic E-state index is 0.240. The molecule has 1 aliphatic heterocycles. The number of rotatable bonds is 6. The van der Waals surface area contributed by atoms with Crippen molar-refractivity contribution in [2.24, 2.45) is 4.99 Å². The molecule has 1 fully saturated rings. The summed E-state index contributed by atoms with van der Waals surface area (Å²) in [6, 6.07) is 10.1. The average molecular weight is 368 g/mol. The van der Waals surface area contributed by atoms with Gasteiger partial charge < -0.3 is 20.3 Å². The number of ether oxygens (including phenoxy) is 1. The normalized spacial score (nSPS) is 17.6. The van der Waals surface area contributed by atoms with E-state index in [4.69, 9.17) is 4.74 Å². The van der Waals surface area contributed by atoms with E-state index in [-0.39, 0.29) is 6.10 Å². The Morgan fingerprint density at radius 2 is 2.19 bits per heavy atom. The molecule has 0 radical (unpaired) electrons. The number of morpholine rings is 1. The summed E-state index contributed by atoms with van der Waals surface area (Å²) in [5.74, 6) is 1.78. The fraction of sp³-hybridized carbons (Fsp3) is 0.450. The minimum atomic E-state index is 0.240. The largest absolute Gasteiger partial charge is 0.375 e. The average Bonchev–Trinajstić information content (AvgIpc) is 2.71. The second-order valence-electron chi connectivity index (χ2n) is 6.57. The Labute approximate surface area is 160 Å².